The van der Waals surface area contributed by atoms with Gasteiger partial charge in [0.1, 0.15) is 5.82 Å². The minimum Gasteiger partial charge on any atom is -0.415 e. The highest BCUT2D eigenvalue weighted by atomic mass is 32.2. The van der Waals surface area contributed by atoms with E-state index < -0.39 is 0 Å². The second kappa shape index (κ2) is 6.01. The molecule has 0 atom stereocenters. The summed E-state index contributed by atoms with van der Waals surface area (Å²) in [4.78, 5) is 0. The molecule has 1 aromatic carbocycles. The van der Waals surface area contributed by atoms with Crippen LogP contribution >= 0.6 is 11.8 Å². The predicted molar refractivity (Wildman–Crippen MR) is 94.9 cm³/mol. The van der Waals surface area contributed by atoms with E-state index in [1.807, 2.05) is 0 Å². The maximum Gasteiger partial charge on any atom is 0.278 e. The summed E-state index contributed by atoms with van der Waals surface area (Å²) in [5.41, 5.74) is 1.04. The van der Waals surface area contributed by atoms with Gasteiger partial charge in [0.15, 0.2) is 0 Å². The topological polar surface area (TPSA) is 51.0 Å². The lowest BCUT2D eigenvalue weighted by atomic mass is 9.49. The number of rotatable bonds is 5. The Bertz CT molecular complexity index is 725. The predicted octanol–water partition coefficient (Wildman–Crippen LogP) is 4.84. The van der Waals surface area contributed by atoms with Gasteiger partial charge in [-0.05, 0) is 92.3 Å². The normalized spacial score (nSPS) is 32.9. The third-order valence-corrected chi connectivity index (χ3v) is 6.92. The molecular formula is C19H22FN3OS. The SMILES string of the molecule is Fc1ccc(NCSc2nnc(C34CC5CC(CC(C5)C3)C4)o2)cc1. The van der Waals surface area contributed by atoms with Gasteiger partial charge in [-0.25, -0.2) is 4.39 Å². The summed E-state index contributed by atoms with van der Waals surface area (Å²) in [5, 5.41) is 12.6. The van der Waals surface area contributed by atoms with E-state index in [-0.39, 0.29) is 11.2 Å². The van der Waals surface area contributed by atoms with Gasteiger partial charge in [0.25, 0.3) is 5.22 Å². The number of hydrogen-bond donors (Lipinski definition) is 1. The standard InChI is InChI=1S/C19H22FN3OS/c20-15-1-3-16(4-2-15)21-11-25-18-23-22-17(24-18)19-8-12-5-13(9-19)7-14(6-12)10-19/h1-4,12-14,21H,5-11H2. The Balaban J connectivity index is 1.24. The van der Waals surface area contributed by atoms with Gasteiger partial charge in [0, 0.05) is 11.1 Å². The van der Waals surface area contributed by atoms with Crippen LogP contribution in [-0.4, -0.2) is 16.1 Å². The van der Waals surface area contributed by atoms with E-state index in [0.717, 1.165) is 29.3 Å². The number of thioether (sulfide) groups is 1. The minimum atomic E-state index is -0.227. The third-order valence-electron chi connectivity index (χ3n) is 6.21. The maximum absolute atomic E-state index is 12.9. The van der Waals surface area contributed by atoms with Gasteiger partial charge in [-0.15, -0.1) is 10.2 Å². The van der Waals surface area contributed by atoms with Gasteiger partial charge in [-0.1, -0.05) is 0 Å². The lowest BCUT2D eigenvalue weighted by Gasteiger charge is -2.55. The quantitative estimate of drug-likeness (QED) is 0.611. The zero-order chi connectivity index (χ0) is 16.9. The highest BCUT2D eigenvalue weighted by molar-refractivity contribution is 7.99. The molecule has 6 heteroatoms. The molecule has 0 unspecified atom stereocenters. The van der Waals surface area contributed by atoms with Crippen molar-refractivity contribution in [2.24, 2.45) is 17.8 Å². The van der Waals surface area contributed by atoms with Crippen LogP contribution in [0.1, 0.15) is 44.4 Å². The first-order valence-electron chi connectivity index (χ1n) is 9.15. The summed E-state index contributed by atoms with van der Waals surface area (Å²) in [7, 11) is 0. The molecule has 4 aliphatic rings. The Labute approximate surface area is 151 Å². The van der Waals surface area contributed by atoms with Crippen molar-refractivity contribution in [1.29, 1.82) is 0 Å². The number of benzene rings is 1. The number of nitrogens with zero attached hydrogens (tertiary/aromatic N) is 2. The fraction of sp³-hybridized carbons (Fsp3) is 0.579. The Kier molecular flexibility index (Phi) is 3.77. The Morgan fingerprint density at radius 1 is 1.04 bits per heavy atom. The first kappa shape index (κ1) is 15.7. The summed E-state index contributed by atoms with van der Waals surface area (Å²) in [6.07, 6.45) is 7.95. The molecule has 1 aromatic heterocycles. The van der Waals surface area contributed by atoms with E-state index >= 15 is 0 Å². The van der Waals surface area contributed by atoms with Crippen LogP contribution in [0.25, 0.3) is 0 Å². The van der Waals surface area contributed by atoms with Gasteiger partial charge >= 0.3 is 0 Å². The Hall–Kier alpha value is -1.56. The second-order valence-electron chi connectivity index (χ2n) is 8.04. The van der Waals surface area contributed by atoms with Crippen LogP contribution in [0.2, 0.25) is 0 Å². The molecule has 0 saturated heterocycles. The molecule has 4 bridgehead atoms. The van der Waals surface area contributed by atoms with Crippen LogP contribution in [0.15, 0.2) is 33.9 Å². The summed E-state index contributed by atoms with van der Waals surface area (Å²) < 4.78 is 19.0. The molecule has 25 heavy (non-hydrogen) atoms. The molecule has 6 rings (SSSR count). The largest absolute Gasteiger partial charge is 0.415 e. The summed E-state index contributed by atoms with van der Waals surface area (Å²) >= 11 is 1.50. The molecule has 4 saturated carbocycles. The van der Waals surface area contributed by atoms with Crippen molar-refractivity contribution in [3.63, 3.8) is 0 Å². The minimum absolute atomic E-state index is 0.158. The van der Waals surface area contributed by atoms with E-state index in [2.05, 4.69) is 15.5 Å². The van der Waals surface area contributed by atoms with Crippen LogP contribution in [0.3, 0.4) is 0 Å². The highest BCUT2D eigenvalue weighted by Gasteiger charge is 2.54. The van der Waals surface area contributed by atoms with Gasteiger partial charge < -0.3 is 9.73 Å². The Morgan fingerprint density at radius 3 is 2.32 bits per heavy atom. The molecule has 0 amide bonds. The van der Waals surface area contributed by atoms with Gasteiger partial charge in [0.2, 0.25) is 5.89 Å². The number of nitrogens with one attached hydrogen (secondary N) is 1. The first-order valence-corrected chi connectivity index (χ1v) is 10.1. The summed E-state index contributed by atoms with van der Waals surface area (Å²) in [5.74, 6) is 3.87. The van der Waals surface area contributed by atoms with Gasteiger partial charge in [0.05, 0.1) is 5.88 Å². The number of halogens is 1. The molecule has 1 heterocycles. The smallest absolute Gasteiger partial charge is 0.278 e. The van der Waals surface area contributed by atoms with E-state index in [9.17, 15) is 4.39 Å². The monoisotopic (exact) mass is 359 g/mol. The molecule has 0 radical (unpaired) electrons. The average Bonchev–Trinajstić information content (AvgIpc) is 3.05. The maximum atomic E-state index is 12.9. The van der Waals surface area contributed by atoms with E-state index in [1.54, 1.807) is 12.1 Å². The van der Waals surface area contributed by atoms with Gasteiger partial charge in [-0.2, -0.15) is 0 Å². The number of aromatic nitrogens is 2. The third kappa shape index (κ3) is 2.94. The fourth-order valence-electron chi connectivity index (χ4n) is 5.60. The van der Waals surface area contributed by atoms with Crippen LogP contribution in [0.4, 0.5) is 10.1 Å². The first-order chi connectivity index (χ1) is 12.2. The molecule has 2 aromatic rings. The molecule has 4 fully saturated rings. The molecule has 1 N–H and O–H groups in total. The van der Waals surface area contributed by atoms with Crippen molar-refractivity contribution in [3.8, 4) is 0 Å². The van der Waals surface area contributed by atoms with Crippen LogP contribution in [0, 0.1) is 23.6 Å². The second-order valence-corrected chi connectivity index (χ2v) is 8.97. The van der Waals surface area contributed by atoms with E-state index in [0.29, 0.717) is 11.1 Å². The highest BCUT2D eigenvalue weighted by Crippen LogP contribution is 2.60. The van der Waals surface area contributed by atoms with Crippen molar-refractivity contribution in [3.05, 3.63) is 36.0 Å². The van der Waals surface area contributed by atoms with Crippen molar-refractivity contribution in [1.82, 2.24) is 10.2 Å². The zero-order valence-electron chi connectivity index (χ0n) is 14.1. The molecule has 0 aliphatic heterocycles. The fourth-order valence-corrected chi connectivity index (χ4v) is 6.20. The molecule has 132 valence electrons. The summed E-state index contributed by atoms with van der Waals surface area (Å²) in [6.45, 7) is 0. The van der Waals surface area contributed by atoms with Crippen molar-refractivity contribution < 1.29 is 8.81 Å². The summed E-state index contributed by atoms with van der Waals surface area (Å²) in [6, 6.07) is 6.35. The molecule has 4 aliphatic carbocycles. The molecular weight excluding hydrogens is 337 g/mol. The van der Waals surface area contributed by atoms with Crippen molar-refractivity contribution in [2.45, 2.75) is 49.2 Å². The lowest BCUT2D eigenvalue weighted by molar-refractivity contribution is -0.0191. The van der Waals surface area contributed by atoms with Crippen LogP contribution in [-0.2, 0) is 5.41 Å². The molecule has 4 nitrogen and oxygen atoms in total. The van der Waals surface area contributed by atoms with E-state index in [1.165, 1.54) is 62.4 Å². The van der Waals surface area contributed by atoms with Crippen LogP contribution < -0.4 is 5.32 Å². The van der Waals surface area contributed by atoms with Crippen molar-refractivity contribution >= 4 is 17.4 Å². The van der Waals surface area contributed by atoms with Gasteiger partial charge in [-0.3, -0.25) is 0 Å². The number of anilines is 1. The van der Waals surface area contributed by atoms with E-state index in [4.69, 9.17) is 4.42 Å². The lowest BCUT2D eigenvalue weighted by Crippen LogP contribution is -2.48. The Morgan fingerprint density at radius 2 is 1.68 bits per heavy atom. The number of hydrogen-bond acceptors (Lipinski definition) is 5. The average molecular weight is 359 g/mol. The molecule has 0 spiro atoms. The van der Waals surface area contributed by atoms with Crippen molar-refractivity contribution in [2.75, 3.05) is 11.2 Å². The zero-order valence-corrected chi connectivity index (χ0v) is 14.9. The van der Waals surface area contributed by atoms with Crippen LogP contribution in [0.5, 0.6) is 0 Å².